The number of carbonyl (C=O) groups is 2. The van der Waals surface area contributed by atoms with Gasteiger partial charge in [0, 0.05) is 6.54 Å². The Morgan fingerprint density at radius 3 is 2.55 bits per heavy atom. The zero-order valence-electron chi connectivity index (χ0n) is 6.39. The molecule has 0 aromatic heterocycles. The van der Waals surface area contributed by atoms with Crippen LogP contribution in [-0.4, -0.2) is 30.2 Å². The molecule has 0 unspecified atom stereocenters. The van der Waals surface area contributed by atoms with Gasteiger partial charge in [0.15, 0.2) is 0 Å². The van der Waals surface area contributed by atoms with E-state index in [2.05, 4.69) is 5.32 Å². The van der Waals surface area contributed by atoms with Crippen molar-refractivity contribution in [2.45, 2.75) is 13.3 Å². The minimum atomic E-state index is -0.696. The predicted octanol–water partition coefficient (Wildman–Crippen LogP) is -0.786. The maximum atomic E-state index is 10.6. The summed E-state index contributed by atoms with van der Waals surface area (Å²) in [6.07, 6.45) is 0.806. The van der Waals surface area contributed by atoms with Crippen LogP contribution in [-0.2, 0) is 4.79 Å². The first-order chi connectivity index (χ1) is 5.20. The Balaban J connectivity index is 3.44. The van der Waals surface area contributed by atoms with Gasteiger partial charge in [-0.1, -0.05) is 6.92 Å². The van der Waals surface area contributed by atoms with Crippen LogP contribution in [0, 0.1) is 0 Å². The normalized spacial score (nSPS) is 8.91. The quantitative estimate of drug-likeness (QED) is 0.506. The van der Waals surface area contributed by atoms with Gasteiger partial charge in [-0.25, -0.2) is 4.79 Å². The van der Waals surface area contributed by atoms with Gasteiger partial charge >= 0.3 is 6.03 Å². The SMILES string of the molecule is CCCNC(=O)NC(=O)CO. The highest BCUT2D eigenvalue weighted by Gasteiger charge is 2.03. The zero-order chi connectivity index (χ0) is 8.69. The summed E-state index contributed by atoms with van der Waals surface area (Å²) in [5.74, 6) is -0.696. The van der Waals surface area contributed by atoms with Crippen LogP contribution in [0.3, 0.4) is 0 Å². The predicted molar refractivity (Wildman–Crippen MR) is 38.9 cm³/mol. The molecule has 11 heavy (non-hydrogen) atoms. The van der Waals surface area contributed by atoms with E-state index in [9.17, 15) is 9.59 Å². The second-order valence-corrected chi connectivity index (χ2v) is 1.96. The van der Waals surface area contributed by atoms with Crippen molar-refractivity contribution in [3.63, 3.8) is 0 Å². The third kappa shape index (κ3) is 5.35. The van der Waals surface area contributed by atoms with Gasteiger partial charge < -0.3 is 10.4 Å². The fourth-order valence-electron chi connectivity index (χ4n) is 0.449. The number of hydrogen-bond donors (Lipinski definition) is 3. The average Bonchev–Trinajstić information content (AvgIpc) is 2.00. The van der Waals surface area contributed by atoms with Crippen LogP contribution in [0.5, 0.6) is 0 Å². The second-order valence-electron chi connectivity index (χ2n) is 1.96. The molecule has 0 spiro atoms. The largest absolute Gasteiger partial charge is 0.387 e. The van der Waals surface area contributed by atoms with Crippen LogP contribution in [0.2, 0.25) is 0 Å². The molecule has 0 heterocycles. The number of aliphatic hydroxyl groups excluding tert-OH is 1. The highest BCUT2D eigenvalue weighted by Crippen LogP contribution is 1.71. The van der Waals surface area contributed by atoms with Crippen molar-refractivity contribution in [2.24, 2.45) is 0 Å². The lowest BCUT2D eigenvalue weighted by atomic mass is 10.5. The molecule has 3 amide bonds. The molecule has 5 nitrogen and oxygen atoms in total. The molecule has 0 aliphatic rings. The number of aliphatic hydroxyl groups is 1. The van der Waals surface area contributed by atoms with Gasteiger partial charge in [-0.05, 0) is 6.42 Å². The van der Waals surface area contributed by atoms with Gasteiger partial charge in [-0.2, -0.15) is 0 Å². The minimum Gasteiger partial charge on any atom is -0.387 e. The first-order valence-electron chi connectivity index (χ1n) is 3.39. The highest BCUT2D eigenvalue weighted by molar-refractivity contribution is 5.94. The van der Waals surface area contributed by atoms with Crippen LogP contribution < -0.4 is 10.6 Å². The Morgan fingerprint density at radius 2 is 2.09 bits per heavy atom. The van der Waals surface area contributed by atoms with E-state index >= 15 is 0 Å². The summed E-state index contributed by atoms with van der Waals surface area (Å²) in [5.41, 5.74) is 0. The van der Waals surface area contributed by atoms with E-state index in [1.165, 1.54) is 0 Å². The van der Waals surface area contributed by atoms with Crippen LogP contribution in [0.25, 0.3) is 0 Å². The maximum absolute atomic E-state index is 10.6. The summed E-state index contributed by atoms with van der Waals surface area (Å²) >= 11 is 0. The lowest BCUT2D eigenvalue weighted by Gasteiger charge is -2.02. The average molecular weight is 160 g/mol. The number of nitrogens with one attached hydrogen (secondary N) is 2. The number of imide groups is 1. The number of hydrogen-bond acceptors (Lipinski definition) is 3. The Kier molecular flexibility index (Phi) is 5.10. The topological polar surface area (TPSA) is 78.4 Å². The molecule has 3 N–H and O–H groups in total. The van der Waals surface area contributed by atoms with E-state index in [1.807, 2.05) is 12.2 Å². The molecule has 0 bridgehead atoms. The van der Waals surface area contributed by atoms with Gasteiger partial charge in [0.05, 0.1) is 0 Å². The standard InChI is InChI=1S/C6H12N2O3/c1-2-3-7-6(11)8-5(10)4-9/h9H,2-4H2,1H3,(H2,7,8,10,11). The Hall–Kier alpha value is -1.10. The van der Waals surface area contributed by atoms with E-state index in [4.69, 9.17) is 5.11 Å². The van der Waals surface area contributed by atoms with Crippen LogP contribution in [0.4, 0.5) is 4.79 Å². The first-order valence-corrected chi connectivity index (χ1v) is 3.39. The van der Waals surface area contributed by atoms with E-state index in [1.54, 1.807) is 0 Å². The number of urea groups is 1. The summed E-state index contributed by atoms with van der Waals surface area (Å²) in [4.78, 5) is 21.0. The van der Waals surface area contributed by atoms with Gasteiger partial charge in [-0.15, -0.1) is 0 Å². The molecule has 0 aliphatic heterocycles. The Labute approximate surface area is 64.8 Å². The second kappa shape index (κ2) is 5.67. The third-order valence-electron chi connectivity index (χ3n) is 0.932. The Morgan fingerprint density at radius 1 is 1.45 bits per heavy atom. The maximum Gasteiger partial charge on any atom is 0.321 e. The van der Waals surface area contributed by atoms with E-state index < -0.39 is 18.5 Å². The summed E-state index contributed by atoms with van der Waals surface area (Å²) in [6.45, 7) is 1.75. The van der Waals surface area contributed by atoms with Crippen LogP contribution in [0.1, 0.15) is 13.3 Å². The minimum absolute atomic E-state index is 0.518. The van der Waals surface area contributed by atoms with Crippen molar-refractivity contribution in [3.05, 3.63) is 0 Å². The van der Waals surface area contributed by atoms with Crippen molar-refractivity contribution in [3.8, 4) is 0 Å². The summed E-state index contributed by atoms with van der Waals surface area (Å²) < 4.78 is 0. The molecule has 0 fully saturated rings. The summed E-state index contributed by atoms with van der Waals surface area (Å²) in [5, 5.41) is 12.6. The van der Waals surface area contributed by atoms with Gasteiger partial charge in [0.2, 0.25) is 0 Å². The van der Waals surface area contributed by atoms with Crippen molar-refractivity contribution in [2.75, 3.05) is 13.2 Å². The number of carbonyl (C=O) groups excluding carboxylic acids is 2. The molecule has 0 aliphatic carbocycles. The third-order valence-corrected chi connectivity index (χ3v) is 0.932. The highest BCUT2D eigenvalue weighted by atomic mass is 16.3. The van der Waals surface area contributed by atoms with Gasteiger partial charge in [0.1, 0.15) is 6.61 Å². The molecule has 0 rings (SSSR count). The fourth-order valence-corrected chi connectivity index (χ4v) is 0.449. The lowest BCUT2D eigenvalue weighted by molar-refractivity contribution is -0.122. The van der Waals surface area contributed by atoms with Crippen molar-refractivity contribution in [1.82, 2.24) is 10.6 Å². The first kappa shape index (κ1) is 9.90. The molecule has 0 saturated heterocycles. The van der Waals surface area contributed by atoms with E-state index in [-0.39, 0.29) is 0 Å². The lowest BCUT2D eigenvalue weighted by Crippen LogP contribution is -2.40. The molecule has 0 aromatic rings. The Bertz CT molecular complexity index is 147. The van der Waals surface area contributed by atoms with Gasteiger partial charge in [-0.3, -0.25) is 10.1 Å². The van der Waals surface area contributed by atoms with Crippen molar-refractivity contribution >= 4 is 11.9 Å². The van der Waals surface area contributed by atoms with Crippen molar-refractivity contribution < 1.29 is 14.7 Å². The number of amides is 3. The van der Waals surface area contributed by atoms with Crippen molar-refractivity contribution in [1.29, 1.82) is 0 Å². The number of rotatable bonds is 3. The van der Waals surface area contributed by atoms with Crippen LogP contribution in [0.15, 0.2) is 0 Å². The molecular weight excluding hydrogens is 148 g/mol. The molecule has 0 atom stereocenters. The molecule has 0 radical (unpaired) electrons. The van der Waals surface area contributed by atoms with E-state index in [0.29, 0.717) is 6.54 Å². The monoisotopic (exact) mass is 160 g/mol. The summed E-state index contributed by atoms with van der Waals surface area (Å²) in [6, 6.07) is -0.564. The molecular formula is C6H12N2O3. The molecule has 0 saturated carbocycles. The fraction of sp³-hybridized carbons (Fsp3) is 0.667. The van der Waals surface area contributed by atoms with Gasteiger partial charge in [0.25, 0.3) is 5.91 Å². The smallest absolute Gasteiger partial charge is 0.321 e. The summed E-state index contributed by atoms with van der Waals surface area (Å²) in [7, 11) is 0. The zero-order valence-corrected chi connectivity index (χ0v) is 6.39. The molecule has 0 aromatic carbocycles. The van der Waals surface area contributed by atoms with Crippen LogP contribution >= 0.6 is 0 Å². The van der Waals surface area contributed by atoms with E-state index in [0.717, 1.165) is 6.42 Å². The molecule has 5 heteroatoms. The molecule has 64 valence electrons.